The molecule has 0 saturated carbocycles. The number of benzene rings is 1. The van der Waals surface area contributed by atoms with Crippen molar-refractivity contribution in [1.82, 2.24) is 4.98 Å². The summed E-state index contributed by atoms with van der Waals surface area (Å²) in [6.07, 6.45) is 10.4. The molecule has 112 valence electrons. The Morgan fingerprint density at radius 3 is 2.62 bits per heavy atom. The molecule has 0 fully saturated rings. The zero-order valence-corrected chi connectivity index (χ0v) is 13.0. The second kappa shape index (κ2) is 8.56. The molecule has 0 saturated heterocycles. The van der Waals surface area contributed by atoms with Crippen LogP contribution >= 0.6 is 0 Å². The maximum atomic E-state index is 12.1. The summed E-state index contributed by atoms with van der Waals surface area (Å²) in [5.74, 6) is 0.349. The zero-order chi connectivity index (χ0) is 14.9. The number of Topliss-reactive ketones (excluding diaryl/α,β-unsaturated/α-hetero) is 1. The number of ketones is 1. The largest absolute Gasteiger partial charge is 0.299 e. The van der Waals surface area contributed by atoms with Gasteiger partial charge in [-0.1, -0.05) is 57.2 Å². The van der Waals surface area contributed by atoms with E-state index in [9.17, 15) is 4.79 Å². The Morgan fingerprint density at radius 2 is 1.76 bits per heavy atom. The number of nitrogens with zero attached hydrogens (tertiary/aromatic N) is 1. The van der Waals surface area contributed by atoms with E-state index in [4.69, 9.17) is 0 Å². The van der Waals surface area contributed by atoms with Crippen molar-refractivity contribution in [1.29, 1.82) is 0 Å². The first kappa shape index (κ1) is 15.7. The maximum absolute atomic E-state index is 12.1. The first-order valence-corrected chi connectivity index (χ1v) is 8.15. The minimum absolute atomic E-state index is 0.349. The molecule has 0 spiro atoms. The van der Waals surface area contributed by atoms with Crippen LogP contribution in [0.15, 0.2) is 36.5 Å². The molecule has 0 aliphatic carbocycles. The molecule has 1 heterocycles. The lowest BCUT2D eigenvalue weighted by atomic mass is 10.0. The van der Waals surface area contributed by atoms with E-state index in [2.05, 4.69) is 18.0 Å². The van der Waals surface area contributed by atoms with Crippen molar-refractivity contribution >= 4 is 16.7 Å². The van der Waals surface area contributed by atoms with Crippen LogP contribution in [0, 0.1) is 0 Å². The molecule has 1 aromatic carbocycles. The fourth-order valence-corrected chi connectivity index (χ4v) is 2.71. The molecule has 0 aliphatic rings. The minimum atomic E-state index is 0.349. The molecule has 0 radical (unpaired) electrons. The van der Waals surface area contributed by atoms with Crippen LogP contribution in [-0.2, 0) is 11.2 Å². The molecule has 2 nitrogen and oxygen atoms in total. The number of aromatic nitrogens is 1. The molecule has 21 heavy (non-hydrogen) atoms. The Balaban J connectivity index is 1.82. The highest BCUT2D eigenvalue weighted by Gasteiger charge is 2.07. The standard InChI is InChI=1S/C19H25NO/c1-2-3-4-5-6-7-10-17(21)15-16-13-14-20-19-12-9-8-11-18(16)19/h8-9,11-14H,2-7,10,15H2,1H3. The molecule has 2 heteroatoms. The number of rotatable bonds is 9. The summed E-state index contributed by atoms with van der Waals surface area (Å²) in [7, 11) is 0. The third-order valence-corrected chi connectivity index (χ3v) is 3.94. The van der Waals surface area contributed by atoms with Gasteiger partial charge < -0.3 is 0 Å². The topological polar surface area (TPSA) is 30.0 Å². The molecule has 0 N–H and O–H groups in total. The molecular weight excluding hydrogens is 258 g/mol. The first-order chi connectivity index (χ1) is 10.3. The predicted octanol–water partition coefficient (Wildman–Crippen LogP) is 5.10. The van der Waals surface area contributed by atoms with Gasteiger partial charge in [0, 0.05) is 24.4 Å². The highest BCUT2D eigenvalue weighted by atomic mass is 16.1. The minimum Gasteiger partial charge on any atom is -0.299 e. The summed E-state index contributed by atoms with van der Waals surface area (Å²) in [4.78, 5) is 16.5. The predicted molar refractivity (Wildman–Crippen MR) is 88.4 cm³/mol. The molecule has 0 bridgehead atoms. The van der Waals surface area contributed by atoms with Crippen molar-refractivity contribution in [3.05, 3.63) is 42.1 Å². The highest BCUT2D eigenvalue weighted by molar-refractivity contribution is 5.88. The van der Waals surface area contributed by atoms with Crippen LogP contribution in [-0.4, -0.2) is 10.8 Å². The van der Waals surface area contributed by atoms with Crippen molar-refractivity contribution in [2.75, 3.05) is 0 Å². The second-order valence-electron chi connectivity index (χ2n) is 5.72. The maximum Gasteiger partial charge on any atom is 0.137 e. The Bertz CT molecular complexity index is 571. The summed E-state index contributed by atoms with van der Waals surface area (Å²) >= 11 is 0. The smallest absolute Gasteiger partial charge is 0.137 e. The van der Waals surface area contributed by atoms with Gasteiger partial charge in [0.25, 0.3) is 0 Å². The third kappa shape index (κ3) is 4.96. The van der Waals surface area contributed by atoms with E-state index in [1.54, 1.807) is 6.20 Å². The molecule has 0 unspecified atom stereocenters. The van der Waals surface area contributed by atoms with Gasteiger partial charge >= 0.3 is 0 Å². The van der Waals surface area contributed by atoms with Crippen molar-refractivity contribution in [2.45, 2.75) is 58.3 Å². The fourth-order valence-electron chi connectivity index (χ4n) is 2.71. The number of unbranched alkanes of at least 4 members (excludes halogenated alkanes) is 5. The fraction of sp³-hybridized carbons (Fsp3) is 0.474. The first-order valence-electron chi connectivity index (χ1n) is 8.15. The Labute approximate surface area is 127 Å². The number of pyridine rings is 1. The van der Waals surface area contributed by atoms with Gasteiger partial charge in [0.1, 0.15) is 5.78 Å². The van der Waals surface area contributed by atoms with E-state index in [-0.39, 0.29) is 0 Å². The van der Waals surface area contributed by atoms with Gasteiger partial charge in [-0.25, -0.2) is 0 Å². The van der Waals surface area contributed by atoms with Gasteiger partial charge in [-0.05, 0) is 24.1 Å². The van der Waals surface area contributed by atoms with Gasteiger partial charge in [0.2, 0.25) is 0 Å². The van der Waals surface area contributed by atoms with Crippen LogP contribution < -0.4 is 0 Å². The number of hydrogen-bond donors (Lipinski definition) is 0. The van der Waals surface area contributed by atoms with Gasteiger partial charge in [0.15, 0.2) is 0 Å². The van der Waals surface area contributed by atoms with Crippen LogP contribution in [0.25, 0.3) is 10.9 Å². The highest BCUT2D eigenvalue weighted by Crippen LogP contribution is 2.18. The zero-order valence-electron chi connectivity index (χ0n) is 13.0. The molecular formula is C19H25NO. The van der Waals surface area contributed by atoms with E-state index in [0.717, 1.165) is 22.9 Å². The summed E-state index contributed by atoms with van der Waals surface area (Å²) < 4.78 is 0. The van der Waals surface area contributed by atoms with Crippen LogP contribution in [0.2, 0.25) is 0 Å². The second-order valence-corrected chi connectivity index (χ2v) is 5.72. The Morgan fingerprint density at radius 1 is 1.00 bits per heavy atom. The van der Waals surface area contributed by atoms with Crippen LogP contribution in [0.4, 0.5) is 0 Å². The van der Waals surface area contributed by atoms with E-state index >= 15 is 0 Å². The number of carbonyl (C=O) groups is 1. The average Bonchev–Trinajstić information content (AvgIpc) is 2.51. The Kier molecular flexibility index (Phi) is 6.39. The van der Waals surface area contributed by atoms with Crippen molar-refractivity contribution in [3.8, 4) is 0 Å². The lowest BCUT2D eigenvalue weighted by molar-refractivity contribution is -0.118. The van der Waals surface area contributed by atoms with E-state index in [1.807, 2.05) is 24.3 Å². The van der Waals surface area contributed by atoms with Crippen molar-refractivity contribution in [2.24, 2.45) is 0 Å². The van der Waals surface area contributed by atoms with Gasteiger partial charge in [-0.2, -0.15) is 0 Å². The summed E-state index contributed by atoms with van der Waals surface area (Å²) in [6.45, 7) is 2.22. The number of carbonyl (C=O) groups excluding carboxylic acids is 1. The van der Waals surface area contributed by atoms with Crippen molar-refractivity contribution < 1.29 is 4.79 Å². The number of fused-ring (bicyclic) bond motifs is 1. The van der Waals surface area contributed by atoms with Crippen molar-refractivity contribution in [3.63, 3.8) is 0 Å². The molecule has 2 rings (SSSR count). The van der Waals surface area contributed by atoms with E-state index in [1.165, 1.54) is 32.1 Å². The van der Waals surface area contributed by atoms with Gasteiger partial charge in [-0.3, -0.25) is 9.78 Å². The average molecular weight is 283 g/mol. The summed E-state index contributed by atoms with van der Waals surface area (Å²) in [6, 6.07) is 10.0. The number of para-hydroxylation sites is 1. The quantitative estimate of drug-likeness (QED) is 0.599. The lowest BCUT2D eigenvalue weighted by Gasteiger charge is -2.05. The monoisotopic (exact) mass is 283 g/mol. The van der Waals surface area contributed by atoms with Crippen LogP contribution in [0.1, 0.15) is 57.4 Å². The Hall–Kier alpha value is -1.70. The summed E-state index contributed by atoms with van der Waals surface area (Å²) in [5, 5.41) is 1.11. The molecule has 0 atom stereocenters. The molecule has 1 aromatic heterocycles. The van der Waals surface area contributed by atoms with E-state index in [0.29, 0.717) is 18.6 Å². The molecule has 2 aromatic rings. The van der Waals surface area contributed by atoms with Crippen LogP contribution in [0.5, 0.6) is 0 Å². The van der Waals surface area contributed by atoms with Crippen LogP contribution in [0.3, 0.4) is 0 Å². The summed E-state index contributed by atoms with van der Waals surface area (Å²) in [5.41, 5.74) is 2.08. The number of hydrogen-bond acceptors (Lipinski definition) is 2. The van der Waals surface area contributed by atoms with Gasteiger partial charge in [0.05, 0.1) is 5.52 Å². The normalized spacial score (nSPS) is 10.9. The third-order valence-electron chi connectivity index (χ3n) is 3.94. The lowest BCUT2D eigenvalue weighted by Crippen LogP contribution is -2.03. The SMILES string of the molecule is CCCCCCCCC(=O)Cc1ccnc2ccccc12. The van der Waals surface area contributed by atoms with Gasteiger partial charge in [-0.15, -0.1) is 0 Å². The molecule has 0 amide bonds. The molecule has 0 aliphatic heterocycles. The van der Waals surface area contributed by atoms with E-state index < -0.39 is 0 Å².